The molecule has 1 heterocycles. The first-order valence-electron chi connectivity index (χ1n) is 7.72. The highest BCUT2D eigenvalue weighted by Gasteiger charge is 2.15. The van der Waals surface area contributed by atoms with E-state index in [1.54, 1.807) is 0 Å². The van der Waals surface area contributed by atoms with Gasteiger partial charge in [0.15, 0.2) is 0 Å². The van der Waals surface area contributed by atoms with E-state index in [-0.39, 0.29) is 6.42 Å². The number of aliphatic carboxylic acids is 1. The molecule has 2 rings (SSSR count). The zero-order valence-corrected chi connectivity index (χ0v) is 13.7. The molecule has 1 aliphatic carbocycles. The van der Waals surface area contributed by atoms with Crippen LogP contribution in [0.1, 0.15) is 61.3 Å². The molecule has 5 heteroatoms. The van der Waals surface area contributed by atoms with Crippen molar-refractivity contribution in [3.63, 3.8) is 0 Å². The predicted octanol–water partition coefficient (Wildman–Crippen LogP) is 3.68. The fourth-order valence-corrected chi connectivity index (χ4v) is 4.07. The molecule has 0 atom stereocenters. The van der Waals surface area contributed by atoms with Gasteiger partial charge < -0.3 is 5.11 Å². The fraction of sp³-hybridized carbons (Fsp3) is 0.688. The Balaban J connectivity index is 1.96. The summed E-state index contributed by atoms with van der Waals surface area (Å²) in [5.74, 6) is 0.983. The van der Waals surface area contributed by atoms with Gasteiger partial charge in [0.1, 0.15) is 5.82 Å². The van der Waals surface area contributed by atoms with Crippen molar-refractivity contribution in [1.82, 2.24) is 9.97 Å². The van der Waals surface area contributed by atoms with Crippen LogP contribution in [0.3, 0.4) is 0 Å². The van der Waals surface area contributed by atoms with Gasteiger partial charge in [-0.25, -0.2) is 9.97 Å². The van der Waals surface area contributed by atoms with Crippen LogP contribution < -0.4 is 0 Å². The molecular weight excluding hydrogens is 284 g/mol. The van der Waals surface area contributed by atoms with E-state index in [0.29, 0.717) is 6.42 Å². The zero-order valence-electron chi connectivity index (χ0n) is 12.9. The van der Waals surface area contributed by atoms with Gasteiger partial charge in [0.2, 0.25) is 0 Å². The lowest BCUT2D eigenvalue weighted by Crippen LogP contribution is -2.10. The van der Waals surface area contributed by atoms with Crippen molar-refractivity contribution in [1.29, 1.82) is 0 Å². The predicted molar refractivity (Wildman–Crippen MR) is 85.6 cm³/mol. The summed E-state index contributed by atoms with van der Waals surface area (Å²) in [5.41, 5.74) is 2.86. The second-order valence-electron chi connectivity index (χ2n) is 5.75. The number of carbonyl (C=O) groups is 1. The third kappa shape index (κ3) is 4.99. The number of hydrogen-bond acceptors (Lipinski definition) is 4. The smallest absolute Gasteiger partial charge is 0.303 e. The second kappa shape index (κ2) is 7.78. The van der Waals surface area contributed by atoms with E-state index in [0.717, 1.165) is 33.8 Å². The van der Waals surface area contributed by atoms with Crippen LogP contribution in [-0.4, -0.2) is 26.3 Å². The van der Waals surface area contributed by atoms with Gasteiger partial charge in [-0.15, -0.1) is 0 Å². The molecule has 0 radical (unpaired) electrons. The molecule has 1 aromatic heterocycles. The summed E-state index contributed by atoms with van der Waals surface area (Å²) in [6.07, 6.45) is 7.38. The molecule has 0 aliphatic heterocycles. The molecule has 0 bridgehead atoms. The zero-order chi connectivity index (χ0) is 15.2. The molecule has 4 nitrogen and oxygen atoms in total. The molecule has 21 heavy (non-hydrogen) atoms. The molecule has 116 valence electrons. The van der Waals surface area contributed by atoms with Gasteiger partial charge >= 0.3 is 5.97 Å². The Kier molecular flexibility index (Phi) is 6.03. The number of aryl methyl sites for hydroxylation is 2. The molecule has 0 amide bonds. The second-order valence-corrected chi connectivity index (χ2v) is 7.04. The lowest BCUT2D eigenvalue weighted by atomic mass is 10.0. The average Bonchev–Trinajstić information content (AvgIpc) is 2.45. The van der Waals surface area contributed by atoms with Gasteiger partial charge in [-0.3, -0.25) is 4.79 Å². The molecule has 0 aromatic carbocycles. The third-order valence-corrected chi connectivity index (χ3v) is 5.42. The van der Waals surface area contributed by atoms with Gasteiger partial charge in [0.05, 0.1) is 5.75 Å². The highest BCUT2D eigenvalue weighted by molar-refractivity contribution is 7.99. The van der Waals surface area contributed by atoms with Crippen LogP contribution in [0.4, 0.5) is 0 Å². The van der Waals surface area contributed by atoms with E-state index in [9.17, 15) is 4.79 Å². The van der Waals surface area contributed by atoms with Gasteiger partial charge in [-0.1, -0.05) is 19.3 Å². The maximum Gasteiger partial charge on any atom is 0.303 e. The quantitative estimate of drug-likeness (QED) is 0.868. The number of nitrogens with zero attached hydrogens (tertiary/aromatic N) is 2. The molecule has 1 aromatic rings. The number of carboxylic acid groups (broad SMARTS) is 1. The van der Waals surface area contributed by atoms with Gasteiger partial charge in [-0.05, 0) is 38.7 Å². The van der Waals surface area contributed by atoms with Crippen LogP contribution in [0, 0.1) is 13.8 Å². The van der Waals surface area contributed by atoms with E-state index >= 15 is 0 Å². The molecule has 0 saturated heterocycles. The summed E-state index contributed by atoms with van der Waals surface area (Å²) in [6.45, 7) is 3.92. The maximum absolute atomic E-state index is 10.7. The van der Waals surface area contributed by atoms with Gasteiger partial charge in [-0.2, -0.15) is 11.8 Å². The highest BCUT2D eigenvalue weighted by atomic mass is 32.2. The summed E-state index contributed by atoms with van der Waals surface area (Å²) >= 11 is 1.97. The van der Waals surface area contributed by atoms with Crippen molar-refractivity contribution in [2.75, 3.05) is 0 Å². The number of carboxylic acids is 1. The fourth-order valence-electron chi connectivity index (χ4n) is 2.89. The number of aromatic nitrogens is 2. The molecule has 1 fully saturated rings. The number of rotatable bonds is 6. The SMILES string of the molecule is Cc1nc(CSC2CCCCC2)nc(C)c1CCC(=O)O. The Morgan fingerprint density at radius 3 is 2.38 bits per heavy atom. The van der Waals surface area contributed by atoms with Crippen LogP contribution in [0.25, 0.3) is 0 Å². The van der Waals surface area contributed by atoms with Crippen LogP contribution in [-0.2, 0) is 17.0 Å². The molecule has 1 aliphatic rings. The van der Waals surface area contributed by atoms with Crippen molar-refractivity contribution >= 4 is 17.7 Å². The topological polar surface area (TPSA) is 63.1 Å². The summed E-state index contributed by atoms with van der Waals surface area (Å²) < 4.78 is 0. The van der Waals surface area contributed by atoms with E-state index < -0.39 is 5.97 Å². The Hall–Kier alpha value is -1.10. The first kappa shape index (κ1) is 16.3. The van der Waals surface area contributed by atoms with E-state index in [4.69, 9.17) is 5.11 Å². The Morgan fingerprint density at radius 2 is 1.81 bits per heavy atom. The van der Waals surface area contributed by atoms with Crippen molar-refractivity contribution in [2.24, 2.45) is 0 Å². The minimum absolute atomic E-state index is 0.140. The Bertz CT molecular complexity index is 476. The monoisotopic (exact) mass is 308 g/mol. The van der Waals surface area contributed by atoms with Gasteiger partial charge in [0.25, 0.3) is 0 Å². The lowest BCUT2D eigenvalue weighted by molar-refractivity contribution is -0.136. The van der Waals surface area contributed by atoms with E-state index in [1.807, 2.05) is 25.6 Å². The van der Waals surface area contributed by atoms with Crippen molar-refractivity contribution in [3.8, 4) is 0 Å². The van der Waals surface area contributed by atoms with Crippen molar-refractivity contribution in [3.05, 3.63) is 22.8 Å². The van der Waals surface area contributed by atoms with Crippen LogP contribution in [0.15, 0.2) is 0 Å². The first-order chi connectivity index (χ1) is 10.1. The normalized spacial score (nSPS) is 16.1. The summed E-state index contributed by atoms with van der Waals surface area (Å²) in [4.78, 5) is 19.8. The molecule has 0 unspecified atom stereocenters. The minimum Gasteiger partial charge on any atom is -0.481 e. The van der Waals surface area contributed by atoms with E-state index in [1.165, 1.54) is 32.1 Å². The van der Waals surface area contributed by atoms with Crippen LogP contribution >= 0.6 is 11.8 Å². The van der Waals surface area contributed by atoms with Crippen LogP contribution in [0.5, 0.6) is 0 Å². The summed E-state index contributed by atoms with van der Waals surface area (Å²) in [7, 11) is 0. The number of thioether (sulfide) groups is 1. The van der Waals surface area contributed by atoms with Crippen molar-refractivity contribution < 1.29 is 9.90 Å². The Morgan fingerprint density at radius 1 is 1.19 bits per heavy atom. The Labute approximate surface area is 130 Å². The van der Waals surface area contributed by atoms with Crippen LogP contribution in [0.2, 0.25) is 0 Å². The molecule has 1 saturated carbocycles. The lowest BCUT2D eigenvalue weighted by Gasteiger charge is -2.20. The van der Waals surface area contributed by atoms with Crippen molar-refractivity contribution in [2.45, 2.75) is 69.8 Å². The molecule has 0 spiro atoms. The maximum atomic E-state index is 10.7. The third-order valence-electron chi connectivity index (χ3n) is 4.06. The molecular formula is C16H24N2O2S. The highest BCUT2D eigenvalue weighted by Crippen LogP contribution is 2.30. The number of hydrogen-bond donors (Lipinski definition) is 1. The summed E-state index contributed by atoms with van der Waals surface area (Å²) in [5, 5.41) is 9.55. The summed E-state index contributed by atoms with van der Waals surface area (Å²) in [6, 6.07) is 0. The first-order valence-corrected chi connectivity index (χ1v) is 8.77. The van der Waals surface area contributed by atoms with E-state index in [2.05, 4.69) is 9.97 Å². The minimum atomic E-state index is -0.772. The average molecular weight is 308 g/mol. The molecule has 1 N–H and O–H groups in total. The van der Waals surface area contributed by atoms with Gasteiger partial charge in [0, 0.05) is 23.1 Å². The largest absolute Gasteiger partial charge is 0.481 e. The standard InChI is InChI=1S/C16H24N2O2S/c1-11-14(8-9-16(19)20)12(2)18-15(17-11)10-21-13-6-4-3-5-7-13/h13H,3-10H2,1-2H3,(H,19,20).